The number of aliphatic hydroxyl groups is 1. The van der Waals surface area contributed by atoms with Gasteiger partial charge in [0.2, 0.25) is 0 Å². The molecule has 2 aromatic carbocycles. The van der Waals surface area contributed by atoms with Gasteiger partial charge in [0.15, 0.2) is 0 Å². The zero-order valence-electron chi connectivity index (χ0n) is 21.5. The summed E-state index contributed by atoms with van der Waals surface area (Å²) in [7, 11) is -1.73. The molecule has 9 heteroatoms. The van der Waals surface area contributed by atoms with Crippen molar-refractivity contribution in [2.75, 3.05) is 38.0 Å². The highest BCUT2D eigenvalue weighted by atomic mass is 32.2. The van der Waals surface area contributed by atoms with E-state index in [2.05, 4.69) is 23.6 Å². The number of likely N-dealkylation sites (N-methyl/N-ethyl adjacent to an activating group) is 1. The van der Waals surface area contributed by atoms with Crippen molar-refractivity contribution in [3.63, 3.8) is 0 Å². The molecule has 0 unspecified atom stereocenters. The van der Waals surface area contributed by atoms with E-state index in [1.54, 1.807) is 41.3 Å². The first-order valence-corrected chi connectivity index (χ1v) is 14.1. The van der Waals surface area contributed by atoms with Gasteiger partial charge in [0.25, 0.3) is 15.9 Å². The van der Waals surface area contributed by atoms with Crippen LogP contribution in [0.1, 0.15) is 42.6 Å². The molecule has 0 spiro atoms. The zero-order chi connectivity index (χ0) is 26.0. The third kappa shape index (κ3) is 6.19. The molecule has 3 atom stereocenters. The number of carbonyl (C=O) groups excluding carboxylic acids is 1. The molecule has 0 radical (unpaired) electrons. The first-order valence-electron chi connectivity index (χ1n) is 12.6. The van der Waals surface area contributed by atoms with Crippen molar-refractivity contribution in [3.05, 3.63) is 53.6 Å². The first kappa shape index (κ1) is 26.4. The monoisotopic (exact) mass is 515 g/mol. The molecule has 196 valence electrons. The van der Waals surface area contributed by atoms with Gasteiger partial charge in [0.05, 0.1) is 23.1 Å². The van der Waals surface area contributed by atoms with Crippen molar-refractivity contribution >= 4 is 21.6 Å². The molecule has 1 heterocycles. The van der Waals surface area contributed by atoms with Gasteiger partial charge < -0.3 is 19.6 Å². The summed E-state index contributed by atoms with van der Waals surface area (Å²) in [6.45, 7) is 7.77. The van der Waals surface area contributed by atoms with Crippen molar-refractivity contribution in [2.24, 2.45) is 11.8 Å². The molecule has 4 rings (SSSR count). The highest BCUT2D eigenvalue weighted by Gasteiger charge is 2.34. The Hall–Kier alpha value is -2.62. The van der Waals surface area contributed by atoms with Crippen LogP contribution in [0.5, 0.6) is 5.75 Å². The van der Waals surface area contributed by atoms with Gasteiger partial charge in [-0.2, -0.15) is 0 Å². The summed E-state index contributed by atoms with van der Waals surface area (Å²) in [5.74, 6) is 0.921. The Morgan fingerprint density at radius 1 is 1.17 bits per heavy atom. The Morgan fingerprint density at radius 3 is 2.50 bits per heavy atom. The minimum atomic E-state index is -3.83. The van der Waals surface area contributed by atoms with E-state index < -0.39 is 10.0 Å². The van der Waals surface area contributed by atoms with Gasteiger partial charge in [0.1, 0.15) is 11.9 Å². The molecule has 0 bridgehead atoms. The maximum Gasteiger partial charge on any atom is 0.261 e. The lowest BCUT2D eigenvalue weighted by molar-refractivity contribution is 0.0344. The van der Waals surface area contributed by atoms with Gasteiger partial charge in [-0.15, -0.1) is 0 Å². The second-order valence-corrected chi connectivity index (χ2v) is 12.1. The number of carbonyl (C=O) groups is 1. The van der Waals surface area contributed by atoms with E-state index in [1.807, 2.05) is 13.8 Å². The average molecular weight is 516 g/mol. The van der Waals surface area contributed by atoms with E-state index in [1.165, 1.54) is 18.9 Å². The molecule has 36 heavy (non-hydrogen) atoms. The van der Waals surface area contributed by atoms with Gasteiger partial charge in [-0.25, -0.2) is 8.42 Å². The van der Waals surface area contributed by atoms with Crippen LogP contribution in [0.2, 0.25) is 0 Å². The van der Waals surface area contributed by atoms with E-state index in [0.29, 0.717) is 18.8 Å². The van der Waals surface area contributed by atoms with E-state index in [4.69, 9.17) is 4.74 Å². The predicted octanol–water partition coefficient (Wildman–Crippen LogP) is 3.36. The van der Waals surface area contributed by atoms with Crippen LogP contribution in [0.4, 0.5) is 5.69 Å². The summed E-state index contributed by atoms with van der Waals surface area (Å²) in [6.07, 6.45) is 2.38. The van der Waals surface area contributed by atoms with Crippen LogP contribution in [0.3, 0.4) is 0 Å². The predicted molar refractivity (Wildman–Crippen MR) is 140 cm³/mol. The molecule has 0 aromatic heterocycles. The van der Waals surface area contributed by atoms with Gasteiger partial charge in [-0.1, -0.05) is 24.6 Å². The molecule has 1 aliphatic carbocycles. The number of fused-ring (bicyclic) bond motifs is 1. The van der Waals surface area contributed by atoms with E-state index in [-0.39, 0.29) is 46.7 Å². The number of nitrogens with zero attached hydrogens (tertiary/aromatic N) is 2. The van der Waals surface area contributed by atoms with Crippen LogP contribution in [0, 0.1) is 18.8 Å². The summed E-state index contributed by atoms with van der Waals surface area (Å²) in [4.78, 5) is 17.7. The van der Waals surface area contributed by atoms with Crippen LogP contribution in [-0.2, 0) is 10.0 Å². The minimum Gasteiger partial charge on any atom is -0.488 e. The van der Waals surface area contributed by atoms with E-state index in [9.17, 15) is 18.3 Å². The number of aryl methyl sites for hydroxylation is 1. The number of aliphatic hydroxyl groups excluding tert-OH is 1. The Morgan fingerprint density at radius 2 is 1.86 bits per heavy atom. The molecule has 1 saturated carbocycles. The second-order valence-electron chi connectivity index (χ2n) is 10.4. The van der Waals surface area contributed by atoms with Gasteiger partial charge in [-0.05, 0) is 70.0 Å². The largest absolute Gasteiger partial charge is 0.488 e. The van der Waals surface area contributed by atoms with Gasteiger partial charge in [-0.3, -0.25) is 9.52 Å². The molecule has 8 nitrogen and oxygen atoms in total. The Kier molecular flexibility index (Phi) is 7.92. The SMILES string of the molecule is Cc1ccc(S(=O)(=O)Nc2ccc3c(c2)C(=O)N([C@H](C)CO)C[C@H](C)[C@H](CN(C)CC2CC2)O3)cc1. The molecule has 2 N–H and O–H groups in total. The van der Waals surface area contributed by atoms with Crippen molar-refractivity contribution in [2.45, 2.75) is 50.7 Å². The zero-order valence-corrected chi connectivity index (χ0v) is 22.3. The van der Waals surface area contributed by atoms with Crippen LogP contribution < -0.4 is 9.46 Å². The molecular weight excluding hydrogens is 478 g/mol. The lowest BCUT2D eigenvalue weighted by Gasteiger charge is -2.38. The normalized spacial score (nSPS) is 21.4. The number of rotatable bonds is 9. The average Bonchev–Trinajstić information content (AvgIpc) is 3.65. The molecule has 1 aliphatic heterocycles. The molecular formula is C27H37N3O5S. The highest BCUT2D eigenvalue weighted by molar-refractivity contribution is 7.92. The van der Waals surface area contributed by atoms with E-state index in [0.717, 1.165) is 18.0 Å². The van der Waals surface area contributed by atoms with Crippen molar-refractivity contribution in [1.29, 1.82) is 0 Å². The summed E-state index contributed by atoms with van der Waals surface area (Å²) < 4.78 is 34.9. The Bertz CT molecular complexity index is 1180. The third-order valence-electron chi connectivity index (χ3n) is 7.01. The molecule has 2 aliphatic rings. The summed E-state index contributed by atoms with van der Waals surface area (Å²) in [5, 5.41) is 9.85. The number of anilines is 1. The van der Waals surface area contributed by atoms with Gasteiger partial charge >= 0.3 is 0 Å². The van der Waals surface area contributed by atoms with Crippen molar-refractivity contribution in [1.82, 2.24) is 9.80 Å². The fraction of sp³-hybridized carbons (Fsp3) is 0.519. The van der Waals surface area contributed by atoms with Crippen LogP contribution >= 0.6 is 0 Å². The molecule has 2 aromatic rings. The number of benzene rings is 2. The van der Waals surface area contributed by atoms with Gasteiger partial charge in [0, 0.05) is 31.2 Å². The molecule has 0 saturated heterocycles. The first-order chi connectivity index (χ1) is 17.1. The highest BCUT2D eigenvalue weighted by Crippen LogP contribution is 2.33. The Labute approximate surface area is 214 Å². The number of ether oxygens (including phenoxy) is 1. The second kappa shape index (κ2) is 10.8. The fourth-order valence-electron chi connectivity index (χ4n) is 4.56. The number of hydrogen-bond donors (Lipinski definition) is 2. The number of amides is 1. The summed E-state index contributed by atoms with van der Waals surface area (Å²) >= 11 is 0. The topological polar surface area (TPSA) is 99.2 Å². The maximum atomic E-state index is 13.6. The number of hydrogen-bond acceptors (Lipinski definition) is 6. The third-order valence-corrected chi connectivity index (χ3v) is 8.40. The smallest absolute Gasteiger partial charge is 0.261 e. The standard InChI is InChI=1S/C27H37N3O5S/c1-18-5-10-23(11-6-18)36(33,34)28-22-9-12-25-24(13-22)27(32)30(20(3)17-31)14-19(2)26(35-25)16-29(4)15-21-7-8-21/h5-6,9-13,19-21,26,28,31H,7-8,14-17H2,1-4H3/t19-,20+,26-/m0/s1. The quantitative estimate of drug-likeness (QED) is 0.531. The van der Waals surface area contributed by atoms with Crippen LogP contribution in [0.15, 0.2) is 47.4 Å². The summed E-state index contributed by atoms with van der Waals surface area (Å²) in [6, 6.07) is 11.0. The van der Waals surface area contributed by atoms with Crippen molar-refractivity contribution < 1.29 is 23.1 Å². The lowest BCUT2D eigenvalue weighted by atomic mass is 9.99. The van der Waals surface area contributed by atoms with Crippen LogP contribution in [-0.4, -0.2) is 74.7 Å². The lowest BCUT2D eigenvalue weighted by Crippen LogP contribution is -2.50. The fourth-order valence-corrected chi connectivity index (χ4v) is 5.61. The Balaban J connectivity index is 1.64. The molecule has 1 amide bonds. The van der Waals surface area contributed by atoms with Crippen molar-refractivity contribution in [3.8, 4) is 5.75 Å². The number of sulfonamides is 1. The van der Waals surface area contributed by atoms with Crippen LogP contribution in [0.25, 0.3) is 0 Å². The van der Waals surface area contributed by atoms with E-state index >= 15 is 0 Å². The minimum absolute atomic E-state index is 0.0393. The number of nitrogens with one attached hydrogen (secondary N) is 1. The summed E-state index contributed by atoms with van der Waals surface area (Å²) in [5.41, 5.74) is 1.52. The maximum absolute atomic E-state index is 13.6. The molecule has 1 fully saturated rings.